The fourth-order valence-electron chi connectivity index (χ4n) is 9.05. The molecule has 0 aliphatic heterocycles. The molecule has 58 heavy (non-hydrogen) atoms. The molecule has 0 unspecified atom stereocenters. The van der Waals surface area contributed by atoms with Gasteiger partial charge in [-0.15, -0.1) is 0 Å². The van der Waals surface area contributed by atoms with Crippen LogP contribution in [-0.4, -0.2) is 24.1 Å². The Morgan fingerprint density at radius 1 is 0.414 bits per heavy atom. The minimum Gasteiger partial charge on any atom is -0.307 e. The van der Waals surface area contributed by atoms with Crippen LogP contribution in [0.4, 0.5) is 0 Å². The van der Waals surface area contributed by atoms with Gasteiger partial charge in [0.25, 0.3) is 0 Å². The molecule has 0 saturated carbocycles. The van der Waals surface area contributed by atoms with Gasteiger partial charge in [0.1, 0.15) is 11.6 Å². The molecule has 3 aromatic heterocycles. The maximum Gasteiger partial charge on any atom is 0.164 e. The minimum absolute atomic E-state index is 0.477. The van der Waals surface area contributed by atoms with Crippen LogP contribution in [0.5, 0.6) is 0 Å². The number of nitriles is 1. The molecule has 0 N–H and O–H groups in total. The van der Waals surface area contributed by atoms with E-state index in [0.29, 0.717) is 28.6 Å². The SMILES string of the molecule is Cc1cc(C)cc(-c2ccc3c4ccccc4n(-c4cc(C#N)c(-c5nc(C)nc(C)n5)cc4-n4c5ccccc5c5ccc(-c6cc(C)cc(C)c6)cc54)c3c2)c1. The van der Waals surface area contributed by atoms with Crippen molar-refractivity contribution in [2.45, 2.75) is 41.5 Å². The first kappa shape index (κ1) is 35.1. The number of aromatic nitrogens is 5. The molecule has 0 fully saturated rings. The van der Waals surface area contributed by atoms with E-state index in [2.05, 4.69) is 175 Å². The van der Waals surface area contributed by atoms with E-state index in [0.717, 1.165) is 66.1 Å². The van der Waals surface area contributed by atoms with E-state index < -0.39 is 0 Å². The van der Waals surface area contributed by atoms with Crippen LogP contribution in [0.15, 0.2) is 133 Å². The van der Waals surface area contributed by atoms with Gasteiger partial charge >= 0.3 is 0 Å². The molecule has 7 aromatic carbocycles. The largest absolute Gasteiger partial charge is 0.307 e. The Hall–Kier alpha value is -7.36. The van der Waals surface area contributed by atoms with E-state index in [1.807, 2.05) is 19.9 Å². The molecule has 0 atom stereocenters. The summed E-state index contributed by atoms with van der Waals surface area (Å²) in [7, 11) is 0. The quantitative estimate of drug-likeness (QED) is 0.176. The maximum absolute atomic E-state index is 10.9. The standard InChI is InChI=1S/C52H40N6/c1-30-19-31(2)22-38(21-30)36-15-17-43-41-11-7-9-13-46(41)57(48(43)25-36)50-27-40(29-53)45(52-55-34(5)54-35(6)56-52)28-51(50)58-47-14-10-8-12-42(47)44-18-16-37(26-49(44)58)39-23-32(3)20-33(4)24-39/h7-28H,1-6H3. The lowest BCUT2D eigenvalue weighted by molar-refractivity contribution is 0.927. The molecule has 0 radical (unpaired) electrons. The molecule has 0 spiro atoms. The van der Waals surface area contributed by atoms with Crippen LogP contribution in [0.2, 0.25) is 0 Å². The number of hydrogen-bond donors (Lipinski definition) is 0. The Labute approximate surface area is 337 Å². The Morgan fingerprint density at radius 3 is 1.31 bits per heavy atom. The number of rotatable bonds is 5. The summed E-state index contributed by atoms with van der Waals surface area (Å²) < 4.78 is 4.71. The highest BCUT2D eigenvalue weighted by molar-refractivity contribution is 6.12. The van der Waals surface area contributed by atoms with Gasteiger partial charge in [-0.2, -0.15) is 5.26 Å². The minimum atomic E-state index is 0.477. The van der Waals surface area contributed by atoms with Crippen LogP contribution >= 0.6 is 0 Å². The summed E-state index contributed by atoms with van der Waals surface area (Å²) in [6, 6.07) is 50.8. The number of benzene rings is 7. The normalized spacial score (nSPS) is 11.6. The third kappa shape index (κ3) is 5.74. The summed E-state index contributed by atoms with van der Waals surface area (Å²) in [5.41, 5.74) is 16.7. The second kappa shape index (κ2) is 13.4. The predicted molar refractivity (Wildman–Crippen MR) is 238 cm³/mol. The van der Waals surface area contributed by atoms with Gasteiger partial charge in [-0.1, -0.05) is 119 Å². The number of fused-ring (bicyclic) bond motifs is 6. The monoisotopic (exact) mass is 748 g/mol. The first-order valence-corrected chi connectivity index (χ1v) is 19.7. The van der Waals surface area contributed by atoms with Gasteiger partial charge in [0.2, 0.25) is 0 Å². The van der Waals surface area contributed by atoms with Crippen molar-refractivity contribution in [2.24, 2.45) is 0 Å². The molecule has 6 nitrogen and oxygen atoms in total. The second-order valence-corrected chi connectivity index (χ2v) is 15.7. The first-order chi connectivity index (χ1) is 28.1. The summed E-state index contributed by atoms with van der Waals surface area (Å²) in [6.45, 7) is 12.3. The molecule has 3 heterocycles. The third-order valence-corrected chi connectivity index (χ3v) is 11.3. The molecule has 0 aliphatic rings. The number of aryl methyl sites for hydroxylation is 6. The molecule has 0 bridgehead atoms. The van der Waals surface area contributed by atoms with Gasteiger partial charge in [-0.05, 0) is 100 Å². The Balaban J connectivity index is 1.36. The zero-order valence-corrected chi connectivity index (χ0v) is 33.4. The Morgan fingerprint density at radius 2 is 0.845 bits per heavy atom. The fourth-order valence-corrected chi connectivity index (χ4v) is 9.05. The predicted octanol–water partition coefficient (Wildman–Crippen LogP) is 12.8. The number of nitrogens with zero attached hydrogens (tertiary/aromatic N) is 6. The van der Waals surface area contributed by atoms with Crippen LogP contribution in [-0.2, 0) is 0 Å². The lowest BCUT2D eigenvalue weighted by Crippen LogP contribution is -2.07. The second-order valence-electron chi connectivity index (χ2n) is 15.7. The van der Waals surface area contributed by atoms with Crippen molar-refractivity contribution in [1.29, 1.82) is 5.26 Å². The van der Waals surface area contributed by atoms with Crippen LogP contribution in [0.1, 0.15) is 39.5 Å². The summed E-state index contributed by atoms with van der Waals surface area (Å²) in [5.74, 6) is 1.69. The van der Waals surface area contributed by atoms with E-state index >= 15 is 0 Å². The highest BCUT2D eigenvalue weighted by atomic mass is 15.1. The lowest BCUT2D eigenvalue weighted by Gasteiger charge is -2.19. The highest BCUT2D eigenvalue weighted by Crippen LogP contribution is 2.42. The van der Waals surface area contributed by atoms with Crippen LogP contribution < -0.4 is 0 Å². The van der Waals surface area contributed by atoms with Gasteiger partial charge in [-0.25, -0.2) is 15.0 Å². The van der Waals surface area contributed by atoms with Crippen LogP contribution in [0, 0.1) is 52.9 Å². The summed E-state index contributed by atoms with van der Waals surface area (Å²) >= 11 is 0. The van der Waals surface area contributed by atoms with Gasteiger partial charge in [0.05, 0.1) is 45.1 Å². The summed E-state index contributed by atoms with van der Waals surface area (Å²) in [6.07, 6.45) is 0. The van der Waals surface area contributed by atoms with Crippen molar-refractivity contribution < 1.29 is 0 Å². The molecular formula is C52H40N6. The van der Waals surface area contributed by atoms with Crippen molar-refractivity contribution in [1.82, 2.24) is 24.1 Å². The van der Waals surface area contributed by atoms with Crippen molar-refractivity contribution in [3.8, 4) is 51.1 Å². The average Bonchev–Trinajstić information content (AvgIpc) is 3.71. The Kier molecular flexibility index (Phi) is 8.10. The van der Waals surface area contributed by atoms with E-state index in [9.17, 15) is 5.26 Å². The van der Waals surface area contributed by atoms with Crippen molar-refractivity contribution >= 4 is 43.6 Å². The molecule has 10 rings (SSSR count). The van der Waals surface area contributed by atoms with Gasteiger partial charge < -0.3 is 9.13 Å². The van der Waals surface area contributed by atoms with Crippen molar-refractivity contribution in [3.05, 3.63) is 173 Å². The van der Waals surface area contributed by atoms with Gasteiger partial charge in [0, 0.05) is 27.1 Å². The fraction of sp³-hybridized carbons (Fsp3) is 0.115. The van der Waals surface area contributed by atoms with E-state index in [4.69, 9.17) is 9.97 Å². The van der Waals surface area contributed by atoms with Crippen LogP contribution in [0.25, 0.3) is 88.6 Å². The zero-order chi connectivity index (χ0) is 39.8. The van der Waals surface area contributed by atoms with Gasteiger partial charge in [0.15, 0.2) is 5.82 Å². The van der Waals surface area contributed by atoms with E-state index in [-0.39, 0.29) is 0 Å². The molecule has 0 amide bonds. The smallest absolute Gasteiger partial charge is 0.164 e. The van der Waals surface area contributed by atoms with Crippen LogP contribution in [0.3, 0.4) is 0 Å². The third-order valence-electron chi connectivity index (χ3n) is 11.3. The summed E-state index contributed by atoms with van der Waals surface area (Å²) in [5, 5.41) is 15.5. The molecule has 278 valence electrons. The molecule has 0 saturated heterocycles. The Bertz CT molecular complexity index is 3310. The molecular weight excluding hydrogens is 709 g/mol. The summed E-state index contributed by atoms with van der Waals surface area (Å²) in [4.78, 5) is 14.1. The topological polar surface area (TPSA) is 72.3 Å². The molecule has 6 heteroatoms. The van der Waals surface area contributed by atoms with E-state index in [1.165, 1.54) is 33.4 Å². The highest BCUT2D eigenvalue weighted by Gasteiger charge is 2.24. The molecule has 0 aliphatic carbocycles. The maximum atomic E-state index is 10.9. The lowest BCUT2D eigenvalue weighted by atomic mass is 9.99. The number of hydrogen-bond acceptors (Lipinski definition) is 4. The number of para-hydroxylation sites is 2. The molecule has 10 aromatic rings. The van der Waals surface area contributed by atoms with Gasteiger partial charge in [-0.3, -0.25) is 0 Å². The van der Waals surface area contributed by atoms with E-state index in [1.54, 1.807) is 0 Å². The average molecular weight is 749 g/mol. The zero-order valence-electron chi connectivity index (χ0n) is 33.4. The van der Waals surface area contributed by atoms with Crippen molar-refractivity contribution in [2.75, 3.05) is 0 Å². The first-order valence-electron chi connectivity index (χ1n) is 19.7. The van der Waals surface area contributed by atoms with Crippen molar-refractivity contribution in [3.63, 3.8) is 0 Å².